The highest BCUT2D eigenvalue weighted by molar-refractivity contribution is 8.03. The van der Waals surface area contributed by atoms with Crippen molar-refractivity contribution in [1.82, 2.24) is 0 Å². The number of thioether (sulfide) groups is 1. The standard InChI is InChI=1S/C17H20OS/c1-12(2)14-9-10-17(13(3)16(18)11-14)19-15-7-5-4-6-8-15/h4-8,14H,1,9-11H2,2-3H3. The van der Waals surface area contributed by atoms with Gasteiger partial charge < -0.3 is 0 Å². The van der Waals surface area contributed by atoms with E-state index in [1.165, 1.54) is 9.80 Å². The average molecular weight is 272 g/mol. The summed E-state index contributed by atoms with van der Waals surface area (Å²) in [5.74, 6) is 0.625. The molecule has 2 heteroatoms. The Hall–Kier alpha value is -1.28. The van der Waals surface area contributed by atoms with Crippen LogP contribution < -0.4 is 0 Å². The van der Waals surface area contributed by atoms with Crippen LogP contribution in [0.15, 0.2) is 57.9 Å². The molecule has 0 aromatic heterocycles. The van der Waals surface area contributed by atoms with E-state index >= 15 is 0 Å². The highest BCUT2D eigenvalue weighted by atomic mass is 32.2. The summed E-state index contributed by atoms with van der Waals surface area (Å²) in [6.45, 7) is 8.01. The molecule has 0 amide bonds. The monoisotopic (exact) mass is 272 g/mol. The molecule has 1 aromatic carbocycles. The summed E-state index contributed by atoms with van der Waals surface area (Å²) in [4.78, 5) is 14.6. The fraction of sp³-hybridized carbons (Fsp3) is 0.353. The number of carbonyl (C=O) groups is 1. The van der Waals surface area contributed by atoms with Crippen molar-refractivity contribution in [2.45, 2.75) is 38.0 Å². The van der Waals surface area contributed by atoms with E-state index in [-0.39, 0.29) is 5.78 Å². The molecule has 0 radical (unpaired) electrons. The Balaban J connectivity index is 2.17. The second kappa shape index (κ2) is 6.25. The van der Waals surface area contributed by atoms with Crippen LogP contribution in [-0.4, -0.2) is 5.78 Å². The molecule has 1 atom stereocenters. The summed E-state index contributed by atoms with van der Waals surface area (Å²) in [6.07, 6.45) is 2.64. The third-order valence-corrected chi connectivity index (χ3v) is 4.93. The van der Waals surface area contributed by atoms with Gasteiger partial charge in [0.1, 0.15) is 0 Å². The first-order valence-electron chi connectivity index (χ1n) is 6.69. The maximum Gasteiger partial charge on any atom is 0.159 e. The molecule has 0 heterocycles. The number of rotatable bonds is 3. The Labute approximate surface area is 119 Å². The third kappa shape index (κ3) is 3.60. The number of hydrogen-bond donors (Lipinski definition) is 0. The third-order valence-electron chi connectivity index (χ3n) is 3.67. The first-order chi connectivity index (χ1) is 9.08. The average Bonchev–Trinajstić information content (AvgIpc) is 2.53. The van der Waals surface area contributed by atoms with Crippen LogP contribution in [0.2, 0.25) is 0 Å². The SMILES string of the molecule is C=C(C)C1CCC(Sc2ccccc2)=C(C)C(=O)C1. The molecule has 19 heavy (non-hydrogen) atoms. The van der Waals surface area contributed by atoms with E-state index in [0.717, 1.165) is 24.0 Å². The predicted octanol–water partition coefficient (Wildman–Crippen LogP) is 5.00. The van der Waals surface area contributed by atoms with Crippen molar-refractivity contribution in [3.63, 3.8) is 0 Å². The van der Waals surface area contributed by atoms with Gasteiger partial charge in [0.05, 0.1) is 0 Å². The molecular weight excluding hydrogens is 252 g/mol. The molecule has 1 nitrogen and oxygen atoms in total. The van der Waals surface area contributed by atoms with E-state index in [1.54, 1.807) is 11.8 Å². The van der Waals surface area contributed by atoms with E-state index in [0.29, 0.717) is 12.3 Å². The largest absolute Gasteiger partial charge is 0.295 e. The molecule has 0 saturated heterocycles. The molecule has 0 bridgehead atoms. The van der Waals surface area contributed by atoms with Gasteiger partial charge in [0.15, 0.2) is 5.78 Å². The van der Waals surface area contributed by atoms with E-state index in [1.807, 2.05) is 32.0 Å². The fourth-order valence-corrected chi connectivity index (χ4v) is 3.37. The van der Waals surface area contributed by atoms with Crippen molar-refractivity contribution < 1.29 is 4.79 Å². The van der Waals surface area contributed by atoms with Gasteiger partial charge in [-0.1, -0.05) is 42.1 Å². The summed E-state index contributed by atoms with van der Waals surface area (Å²) in [7, 11) is 0. The first kappa shape index (κ1) is 14.1. The summed E-state index contributed by atoms with van der Waals surface area (Å²) in [5.41, 5.74) is 2.07. The van der Waals surface area contributed by atoms with Crippen molar-refractivity contribution in [2.24, 2.45) is 5.92 Å². The maximum atomic E-state index is 12.2. The lowest BCUT2D eigenvalue weighted by molar-refractivity contribution is -0.116. The molecule has 1 aliphatic rings. The van der Waals surface area contributed by atoms with Gasteiger partial charge >= 0.3 is 0 Å². The number of allylic oxidation sites excluding steroid dienone is 3. The van der Waals surface area contributed by atoms with Gasteiger partial charge in [-0.3, -0.25) is 4.79 Å². The van der Waals surface area contributed by atoms with E-state index < -0.39 is 0 Å². The van der Waals surface area contributed by atoms with Crippen molar-refractivity contribution in [1.29, 1.82) is 0 Å². The second-order valence-electron chi connectivity index (χ2n) is 5.17. The molecule has 0 aliphatic heterocycles. The Morgan fingerprint density at radius 1 is 1.32 bits per heavy atom. The Morgan fingerprint density at radius 3 is 2.63 bits per heavy atom. The smallest absolute Gasteiger partial charge is 0.159 e. The van der Waals surface area contributed by atoms with Crippen LogP contribution in [0.25, 0.3) is 0 Å². The van der Waals surface area contributed by atoms with Gasteiger partial charge in [-0.2, -0.15) is 0 Å². The number of Topliss-reactive ketones (excluding diaryl/α,β-unsaturated/α-hetero) is 1. The Morgan fingerprint density at radius 2 is 2.00 bits per heavy atom. The molecule has 0 saturated carbocycles. The summed E-state index contributed by atoms with van der Waals surface area (Å²) >= 11 is 1.73. The van der Waals surface area contributed by atoms with E-state index in [4.69, 9.17) is 0 Å². The van der Waals surface area contributed by atoms with Crippen LogP contribution in [-0.2, 0) is 4.79 Å². The normalized spacial score (nSPS) is 20.3. The van der Waals surface area contributed by atoms with Crippen LogP contribution in [0.4, 0.5) is 0 Å². The number of carbonyl (C=O) groups excluding carboxylic acids is 1. The molecule has 2 rings (SSSR count). The van der Waals surface area contributed by atoms with Crippen LogP contribution in [0.5, 0.6) is 0 Å². The molecule has 100 valence electrons. The molecule has 1 aromatic rings. The van der Waals surface area contributed by atoms with E-state index in [2.05, 4.69) is 18.7 Å². The molecule has 1 aliphatic carbocycles. The summed E-state index contributed by atoms with van der Waals surface area (Å²) < 4.78 is 0. The van der Waals surface area contributed by atoms with Crippen molar-refractivity contribution >= 4 is 17.5 Å². The fourth-order valence-electron chi connectivity index (χ4n) is 2.31. The molecule has 0 fully saturated rings. The zero-order valence-electron chi connectivity index (χ0n) is 11.6. The minimum Gasteiger partial charge on any atom is -0.295 e. The molecule has 0 N–H and O–H groups in total. The number of hydrogen-bond acceptors (Lipinski definition) is 2. The first-order valence-corrected chi connectivity index (χ1v) is 7.51. The van der Waals surface area contributed by atoms with Crippen LogP contribution in [0.1, 0.15) is 33.1 Å². The lowest BCUT2D eigenvalue weighted by Gasteiger charge is -2.12. The van der Waals surface area contributed by atoms with Gasteiger partial charge in [0.2, 0.25) is 0 Å². The van der Waals surface area contributed by atoms with Crippen molar-refractivity contribution in [3.05, 3.63) is 53.0 Å². The van der Waals surface area contributed by atoms with E-state index in [9.17, 15) is 4.79 Å². The quantitative estimate of drug-likeness (QED) is 0.720. The van der Waals surface area contributed by atoms with Gasteiger partial charge in [-0.15, -0.1) is 0 Å². The minimum atomic E-state index is 0.281. The molecule has 1 unspecified atom stereocenters. The van der Waals surface area contributed by atoms with Crippen LogP contribution in [0.3, 0.4) is 0 Å². The van der Waals surface area contributed by atoms with Crippen molar-refractivity contribution in [3.8, 4) is 0 Å². The molecular formula is C17H20OS. The second-order valence-corrected chi connectivity index (χ2v) is 6.34. The zero-order chi connectivity index (χ0) is 13.8. The summed E-state index contributed by atoms with van der Waals surface area (Å²) in [6, 6.07) is 10.3. The zero-order valence-corrected chi connectivity index (χ0v) is 12.4. The Kier molecular flexibility index (Phi) is 4.65. The lowest BCUT2D eigenvalue weighted by Crippen LogP contribution is -2.07. The van der Waals surface area contributed by atoms with Gasteiger partial charge in [0.25, 0.3) is 0 Å². The van der Waals surface area contributed by atoms with Gasteiger partial charge in [-0.25, -0.2) is 0 Å². The Bertz CT molecular complexity index is 513. The summed E-state index contributed by atoms with van der Waals surface area (Å²) in [5, 5.41) is 0. The topological polar surface area (TPSA) is 17.1 Å². The van der Waals surface area contributed by atoms with Crippen molar-refractivity contribution in [2.75, 3.05) is 0 Å². The van der Waals surface area contributed by atoms with Gasteiger partial charge in [-0.05, 0) is 49.6 Å². The minimum absolute atomic E-state index is 0.281. The lowest BCUT2D eigenvalue weighted by atomic mass is 9.92. The van der Waals surface area contributed by atoms with Gasteiger partial charge in [0, 0.05) is 16.9 Å². The molecule has 0 spiro atoms. The number of ketones is 1. The number of benzene rings is 1. The van der Waals surface area contributed by atoms with Crippen LogP contribution >= 0.6 is 11.8 Å². The predicted molar refractivity (Wildman–Crippen MR) is 82.2 cm³/mol. The highest BCUT2D eigenvalue weighted by Gasteiger charge is 2.23. The highest BCUT2D eigenvalue weighted by Crippen LogP contribution is 2.38. The maximum absolute atomic E-state index is 12.2. The van der Waals surface area contributed by atoms with Crippen LogP contribution in [0, 0.1) is 5.92 Å².